The highest BCUT2D eigenvalue weighted by Gasteiger charge is 2.24. The second-order valence-corrected chi connectivity index (χ2v) is 10.0. The van der Waals surface area contributed by atoms with Crippen molar-refractivity contribution in [1.29, 1.82) is 0 Å². The molecule has 0 N–H and O–H groups in total. The first kappa shape index (κ1) is 21.2. The smallest absolute Gasteiger partial charge is 0.0651 e. The fraction of sp³-hybridized carbons (Fsp3) is 0.0278. The van der Waals surface area contributed by atoms with Crippen LogP contribution in [0.1, 0.15) is 11.3 Å². The molecule has 2 nitrogen and oxygen atoms in total. The zero-order chi connectivity index (χ0) is 25.1. The molecular formula is C36H24N2. The number of benzene rings is 5. The Hall–Kier alpha value is -4.95. The molecule has 0 unspecified atom stereocenters. The van der Waals surface area contributed by atoms with E-state index in [1.165, 1.54) is 60.8 Å². The summed E-state index contributed by atoms with van der Waals surface area (Å²) in [6.07, 6.45) is 2.89. The van der Waals surface area contributed by atoms with Crippen LogP contribution < -0.4 is 0 Å². The molecule has 0 aliphatic heterocycles. The summed E-state index contributed by atoms with van der Waals surface area (Å²) in [6, 6.07) is 45.8. The van der Waals surface area contributed by atoms with Crippen molar-refractivity contribution in [3.63, 3.8) is 0 Å². The van der Waals surface area contributed by atoms with E-state index in [1.807, 2.05) is 6.20 Å². The Labute approximate surface area is 221 Å². The van der Waals surface area contributed by atoms with Crippen LogP contribution >= 0.6 is 0 Å². The molecule has 2 aromatic heterocycles. The van der Waals surface area contributed by atoms with Gasteiger partial charge < -0.3 is 4.57 Å². The molecule has 2 heteroatoms. The minimum absolute atomic E-state index is 0.851. The molecule has 8 rings (SSSR count). The number of aromatic nitrogens is 2. The molecule has 5 aromatic carbocycles. The lowest BCUT2D eigenvalue weighted by Gasteiger charge is -2.11. The van der Waals surface area contributed by atoms with Crippen LogP contribution in [0.5, 0.6) is 0 Å². The lowest BCUT2D eigenvalue weighted by Crippen LogP contribution is -1.97. The molecule has 38 heavy (non-hydrogen) atoms. The van der Waals surface area contributed by atoms with Gasteiger partial charge in [0.2, 0.25) is 0 Å². The van der Waals surface area contributed by atoms with Crippen molar-refractivity contribution in [1.82, 2.24) is 9.55 Å². The normalized spacial score (nSPS) is 12.1. The minimum atomic E-state index is 0.851. The fourth-order valence-corrected chi connectivity index (χ4v) is 6.14. The van der Waals surface area contributed by atoms with Gasteiger partial charge in [0.05, 0.1) is 28.6 Å². The predicted molar refractivity (Wildman–Crippen MR) is 158 cm³/mol. The molecule has 1 aliphatic rings. The molecule has 1 aliphatic carbocycles. The largest absolute Gasteiger partial charge is 0.308 e. The van der Waals surface area contributed by atoms with Crippen LogP contribution in [-0.2, 0) is 6.42 Å². The number of hydrogen-bond donors (Lipinski definition) is 0. The maximum absolute atomic E-state index is 5.02. The highest BCUT2D eigenvalue weighted by Crippen LogP contribution is 2.43. The Bertz CT molecular complexity index is 1940. The van der Waals surface area contributed by atoms with E-state index in [2.05, 4.69) is 132 Å². The molecule has 0 spiro atoms. The molecule has 0 saturated heterocycles. The second-order valence-electron chi connectivity index (χ2n) is 10.0. The van der Waals surface area contributed by atoms with Crippen LogP contribution in [0, 0.1) is 0 Å². The van der Waals surface area contributed by atoms with Gasteiger partial charge in [0, 0.05) is 22.8 Å². The predicted octanol–water partition coefficient (Wildman–Crippen LogP) is 9.08. The number of nitrogens with zero attached hydrogens (tertiary/aromatic N) is 2. The molecule has 0 atom stereocenters. The van der Waals surface area contributed by atoms with E-state index in [0.717, 1.165) is 17.8 Å². The van der Waals surface area contributed by atoms with Gasteiger partial charge in [-0.3, -0.25) is 4.98 Å². The van der Waals surface area contributed by atoms with Gasteiger partial charge in [-0.2, -0.15) is 0 Å². The van der Waals surface area contributed by atoms with Gasteiger partial charge in [-0.05, 0) is 57.6 Å². The minimum Gasteiger partial charge on any atom is -0.308 e. The van der Waals surface area contributed by atoms with Crippen molar-refractivity contribution in [2.75, 3.05) is 0 Å². The number of para-hydroxylation sites is 2. The Morgan fingerprint density at radius 1 is 0.500 bits per heavy atom. The summed E-state index contributed by atoms with van der Waals surface area (Å²) < 4.78 is 2.35. The molecule has 178 valence electrons. The fourth-order valence-electron chi connectivity index (χ4n) is 6.14. The van der Waals surface area contributed by atoms with E-state index >= 15 is 0 Å². The van der Waals surface area contributed by atoms with E-state index in [9.17, 15) is 0 Å². The summed E-state index contributed by atoms with van der Waals surface area (Å²) in [7, 11) is 0. The van der Waals surface area contributed by atoms with Crippen molar-refractivity contribution in [2.24, 2.45) is 0 Å². The van der Waals surface area contributed by atoms with Crippen molar-refractivity contribution >= 4 is 21.8 Å². The molecule has 2 heterocycles. The number of pyridine rings is 1. The summed E-state index contributed by atoms with van der Waals surface area (Å²) in [4.78, 5) is 5.02. The van der Waals surface area contributed by atoms with Crippen LogP contribution in [0.15, 0.2) is 134 Å². The van der Waals surface area contributed by atoms with Crippen LogP contribution in [-0.4, -0.2) is 9.55 Å². The monoisotopic (exact) mass is 484 g/mol. The Balaban J connectivity index is 1.28. The van der Waals surface area contributed by atoms with E-state index in [4.69, 9.17) is 4.98 Å². The third kappa shape index (κ3) is 3.17. The zero-order valence-corrected chi connectivity index (χ0v) is 20.8. The molecule has 0 fully saturated rings. The molecule has 7 aromatic rings. The van der Waals surface area contributed by atoms with E-state index in [1.54, 1.807) is 0 Å². The van der Waals surface area contributed by atoms with Crippen molar-refractivity contribution < 1.29 is 0 Å². The Morgan fingerprint density at radius 3 is 1.92 bits per heavy atom. The third-order valence-electron chi connectivity index (χ3n) is 7.89. The van der Waals surface area contributed by atoms with Crippen LogP contribution in [0.2, 0.25) is 0 Å². The average Bonchev–Trinajstić information content (AvgIpc) is 3.53. The molecule has 0 saturated carbocycles. The van der Waals surface area contributed by atoms with Crippen LogP contribution in [0.25, 0.3) is 60.9 Å². The van der Waals surface area contributed by atoms with Crippen LogP contribution in [0.3, 0.4) is 0 Å². The van der Waals surface area contributed by atoms with Gasteiger partial charge in [0.1, 0.15) is 0 Å². The summed E-state index contributed by atoms with van der Waals surface area (Å²) in [6.45, 7) is 0. The van der Waals surface area contributed by atoms with Gasteiger partial charge in [0.15, 0.2) is 0 Å². The lowest BCUT2D eigenvalue weighted by atomic mass is 9.93. The van der Waals surface area contributed by atoms with E-state index < -0.39 is 0 Å². The number of rotatable bonds is 3. The molecule has 0 amide bonds. The summed E-state index contributed by atoms with van der Waals surface area (Å²) in [5, 5.41) is 2.54. The number of hydrogen-bond acceptors (Lipinski definition) is 1. The molecule has 0 bridgehead atoms. The van der Waals surface area contributed by atoms with E-state index in [0.29, 0.717) is 0 Å². The maximum atomic E-state index is 5.02. The summed E-state index contributed by atoms with van der Waals surface area (Å²) in [5.74, 6) is 0. The van der Waals surface area contributed by atoms with Gasteiger partial charge in [0.25, 0.3) is 0 Å². The highest BCUT2D eigenvalue weighted by molar-refractivity contribution is 6.09. The summed E-state index contributed by atoms with van der Waals surface area (Å²) >= 11 is 0. The SMILES string of the molecule is c1ccc(-c2cccc(-c3cccc4c3Cc3ncc(-n5c6ccccc6c6ccccc65)cc3-4)c2)cc1. The Kier molecular flexibility index (Phi) is 4.62. The lowest BCUT2D eigenvalue weighted by molar-refractivity contribution is 1.08. The maximum Gasteiger partial charge on any atom is 0.0651 e. The first-order valence-corrected chi connectivity index (χ1v) is 13.1. The van der Waals surface area contributed by atoms with Crippen molar-refractivity contribution in [3.8, 4) is 39.1 Å². The first-order valence-electron chi connectivity index (χ1n) is 13.1. The van der Waals surface area contributed by atoms with Crippen LogP contribution in [0.4, 0.5) is 0 Å². The van der Waals surface area contributed by atoms with Gasteiger partial charge in [-0.15, -0.1) is 0 Å². The third-order valence-corrected chi connectivity index (χ3v) is 7.89. The first-order chi connectivity index (χ1) is 18.8. The van der Waals surface area contributed by atoms with Gasteiger partial charge >= 0.3 is 0 Å². The van der Waals surface area contributed by atoms with E-state index in [-0.39, 0.29) is 0 Å². The van der Waals surface area contributed by atoms with Gasteiger partial charge in [-0.1, -0.05) is 103 Å². The quantitative estimate of drug-likeness (QED) is 0.244. The Morgan fingerprint density at radius 2 is 1.13 bits per heavy atom. The molecule has 0 radical (unpaired) electrons. The highest BCUT2D eigenvalue weighted by atomic mass is 15.0. The van der Waals surface area contributed by atoms with Gasteiger partial charge in [-0.25, -0.2) is 0 Å². The number of fused-ring (bicyclic) bond motifs is 6. The van der Waals surface area contributed by atoms with Crippen molar-refractivity contribution in [2.45, 2.75) is 6.42 Å². The zero-order valence-electron chi connectivity index (χ0n) is 20.8. The van der Waals surface area contributed by atoms with Crippen molar-refractivity contribution in [3.05, 3.63) is 145 Å². The molecular weight excluding hydrogens is 460 g/mol. The topological polar surface area (TPSA) is 17.8 Å². The summed E-state index contributed by atoms with van der Waals surface area (Å²) in [5.41, 5.74) is 13.6. The standard InChI is InChI=1S/C36H24N2/c1-2-10-24(11-3-1)25-12-8-13-26(20-25)28-16-9-17-29-32(28)22-34-33(29)21-27(23-37-34)38-35-18-6-4-14-30(35)31-15-5-7-19-36(31)38/h1-21,23H,22H2. The average molecular weight is 485 g/mol. The second kappa shape index (κ2) is 8.29.